The van der Waals surface area contributed by atoms with Crippen LogP contribution in [-0.2, 0) is 6.42 Å². The Morgan fingerprint density at radius 2 is 1.69 bits per heavy atom. The summed E-state index contributed by atoms with van der Waals surface area (Å²) in [4.78, 5) is 13.8. The Labute approximate surface area is 214 Å². The predicted molar refractivity (Wildman–Crippen MR) is 143 cm³/mol. The molecule has 2 aliphatic rings. The molecule has 190 valence electrons. The number of benzene rings is 1. The van der Waals surface area contributed by atoms with E-state index in [1.807, 2.05) is 30.6 Å². The van der Waals surface area contributed by atoms with Gasteiger partial charge in [0.05, 0.1) is 0 Å². The molecule has 2 aromatic heterocycles. The molecule has 1 saturated heterocycles. The monoisotopic (exact) mass is 486 g/mol. The van der Waals surface area contributed by atoms with Crippen molar-refractivity contribution in [2.45, 2.75) is 40.5 Å². The highest BCUT2D eigenvalue weighted by atomic mass is 16.4. The third-order valence-electron chi connectivity index (χ3n) is 7.95. The standard InChI is InChI=1S/C29H38N6O/c1-20(2)26-17-24(18-27-32-33-28(36-27)23-8-6-21(3)7-9-23)22(4)16-25(26)19-34-12-14-35(15-13-34)29-30-10-5-11-31-29/h5-11,16,20,24-26H,12-15,17-19H2,1-4H3/t24-,25-,26-/m0/s1. The fourth-order valence-corrected chi connectivity index (χ4v) is 5.73. The minimum absolute atomic E-state index is 0.451. The number of aryl methyl sites for hydroxylation is 1. The number of allylic oxidation sites excluding steroid dienone is 1. The number of aromatic nitrogens is 4. The lowest BCUT2D eigenvalue weighted by Crippen LogP contribution is -2.49. The second kappa shape index (κ2) is 10.9. The third-order valence-corrected chi connectivity index (χ3v) is 7.95. The lowest BCUT2D eigenvalue weighted by atomic mass is 9.69. The summed E-state index contributed by atoms with van der Waals surface area (Å²) in [6.45, 7) is 14.3. The van der Waals surface area contributed by atoms with Crippen molar-refractivity contribution in [3.63, 3.8) is 0 Å². The molecule has 3 aromatic rings. The van der Waals surface area contributed by atoms with E-state index < -0.39 is 0 Å². The van der Waals surface area contributed by atoms with E-state index in [0.717, 1.165) is 56.5 Å². The fourth-order valence-electron chi connectivity index (χ4n) is 5.73. The van der Waals surface area contributed by atoms with E-state index >= 15 is 0 Å². The molecule has 0 unspecified atom stereocenters. The largest absolute Gasteiger partial charge is 0.421 e. The van der Waals surface area contributed by atoms with Crippen LogP contribution in [0.1, 0.15) is 38.6 Å². The van der Waals surface area contributed by atoms with Crippen molar-refractivity contribution in [2.24, 2.45) is 23.7 Å². The molecule has 1 fully saturated rings. The zero-order valence-electron chi connectivity index (χ0n) is 22.0. The normalized spacial score (nSPS) is 23.2. The van der Waals surface area contributed by atoms with Crippen LogP contribution in [-0.4, -0.2) is 57.8 Å². The summed E-state index contributed by atoms with van der Waals surface area (Å²) < 4.78 is 6.08. The van der Waals surface area contributed by atoms with Crippen molar-refractivity contribution in [2.75, 3.05) is 37.6 Å². The summed E-state index contributed by atoms with van der Waals surface area (Å²) >= 11 is 0. The van der Waals surface area contributed by atoms with Crippen LogP contribution >= 0.6 is 0 Å². The summed E-state index contributed by atoms with van der Waals surface area (Å²) in [5.41, 5.74) is 3.67. The van der Waals surface area contributed by atoms with Gasteiger partial charge in [-0.05, 0) is 62.1 Å². The Morgan fingerprint density at radius 3 is 2.39 bits per heavy atom. The van der Waals surface area contributed by atoms with Gasteiger partial charge in [0.15, 0.2) is 0 Å². The van der Waals surface area contributed by atoms with Gasteiger partial charge in [-0.3, -0.25) is 4.90 Å². The molecule has 3 heterocycles. The van der Waals surface area contributed by atoms with Gasteiger partial charge in [0, 0.05) is 57.1 Å². The number of nitrogens with zero attached hydrogens (tertiary/aromatic N) is 6. The number of rotatable bonds is 7. The quantitative estimate of drug-likeness (QED) is 0.433. The lowest BCUT2D eigenvalue weighted by molar-refractivity contribution is 0.154. The molecule has 1 aliphatic heterocycles. The second-order valence-corrected chi connectivity index (χ2v) is 10.8. The van der Waals surface area contributed by atoms with E-state index in [1.165, 1.54) is 17.6 Å². The Kier molecular flexibility index (Phi) is 7.46. The number of hydrogen-bond acceptors (Lipinski definition) is 7. The Morgan fingerprint density at radius 1 is 0.972 bits per heavy atom. The molecule has 0 N–H and O–H groups in total. The first-order valence-corrected chi connectivity index (χ1v) is 13.3. The van der Waals surface area contributed by atoms with Crippen LogP contribution in [0.3, 0.4) is 0 Å². The number of hydrogen-bond donors (Lipinski definition) is 0. The van der Waals surface area contributed by atoms with Gasteiger partial charge >= 0.3 is 0 Å². The van der Waals surface area contributed by atoms with Crippen LogP contribution in [0, 0.1) is 30.6 Å². The van der Waals surface area contributed by atoms with Gasteiger partial charge in [0.1, 0.15) is 0 Å². The van der Waals surface area contributed by atoms with Gasteiger partial charge in [-0.15, -0.1) is 10.2 Å². The van der Waals surface area contributed by atoms with Crippen LogP contribution in [0.2, 0.25) is 0 Å². The van der Waals surface area contributed by atoms with Gasteiger partial charge in [-0.1, -0.05) is 43.2 Å². The van der Waals surface area contributed by atoms with Crippen LogP contribution < -0.4 is 4.90 Å². The summed E-state index contributed by atoms with van der Waals surface area (Å²) in [6, 6.07) is 10.1. The molecule has 7 heteroatoms. The molecule has 0 amide bonds. The van der Waals surface area contributed by atoms with E-state index in [9.17, 15) is 0 Å². The molecule has 0 bridgehead atoms. The maximum Gasteiger partial charge on any atom is 0.247 e. The first-order chi connectivity index (χ1) is 17.5. The molecule has 5 rings (SSSR count). The molecular formula is C29H38N6O. The molecule has 7 nitrogen and oxygen atoms in total. The smallest absolute Gasteiger partial charge is 0.247 e. The highest BCUT2D eigenvalue weighted by Gasteiger charge is 2.34. The van der Waals surface area contributed by atoms with Gasteiger partial charge < -0.3 is 9.32 Å². The predicted octanol–water partition coefficient (Wildman–Crippen LogP) is 5.05. The number of anilines is 1. The van der Waals surface area contributed by atoms with Crippen LogP contribution in [0.4, 0.5) is 5.95 Å². The highest BCUT2D eigenvalue weighted by Crippen LogP contribution is 2.39. The highest BCUT2D eigenvalue weighted by molar-refractivity contribution is 5.52. The van der Waals surface area contributed by atoms with Gasteiger partial charge in [0.25, 0.3) is 0 Å². The lowest BCUT2D eigenvalue weighted by Gasteiger charge is -2.41. The first kappa shape index (κ1) is 24.6. The molecule has 0 saturated carbocycles. The minimum Gasteiger partial charge on any atom is -0.421 e. The maximum atomic E-state index is 6.08. The van der Waals surface area contributed by atoms with E-state index in [-0.39, 0.29) is 0 Å². The summed E-state index contributed by atoms with van der Waals surface area (Å²) in [6.07, 6.45) is 8.18. The number of piperazine rings is 1. The average molecular weight is 487 g/mol. The Hall–Kier alpha value is -3.06. The summed E-state index contributed by atoms with van der Waals surface area (Å²) in [5, 5.41) is 8.72. The fraction of sp³-hybridized carbons (Fsp3) is 0.517. The van der Waals surface area contributed by atoms with Crippen molar-refractivity contribution in [1.29, 1.82) is 0 Å². The van der Waals surface area contributed by atoms with Crippen molar-refractivity contribution >= 4 is 5.95 Å². The van der Waals surface area contributed by atoms with Gasteiger partial charge in [0.2, 0.25) is 17.7 Å². The third kappa shape index (κ3) is 5.67. The zero-order valence-corrected chi connectivity index (χ0v) is 22.0. The van der Waals surface area contributed by atoms with E-state index in [0.29, 0.717) is 29.6 Å². The first-order valence-electron chi connectivity index (χ1n) is 13.3. The molecule has 36 heavy (non-hydrogen) atoms. The van der Waals surface area contributed by atoms with E-state index in [4.69, 9.17) is 4.42 Å². The van der Waals surface area contributed by atoms with Gasteiger partial charge in [-0.25, -0.2) is 9.97 Å². The molecule has 1 aromatic carbocycles. The summed E-state index contributed by atoms with van der Waals surface area (Å²) in [7, 11) is 0. The summed E-state index contributed by atoms with van der Waals surface area (Å²) in [5.74, 6) is 4.50. The van der Waals surface area contributed by atoms with Crippen LogP contribution in [0.25, 0.3) is 11.5 Å². The molecule has 1 aliphatic carbocycles. The van der Waals surface area contributed by atoms with Crippen molar-refractivity contribution < 1.29 is 4.42 Å². The molecule has 0 radical (unpaired) electrons. The molecular weight excluding hydrogens is 448 g/mol. The van der Waals surface area contributed by atoms with E-state index in [2.05, 4.69) is 75.9 Å². The zero-order chi connectivity index (χ0) is 25.1. The SMILES string of the molecule is CC1=C[C@@H](CN2CCN(c3ncccn3)CC2)[C@H](C(C)C)C[C@H]1Cc1nnc(-c2ccc(C)cc2)o1. The molecule has 3 atom stereocenters. The minimum atomic E-state index is 0.451. The average Bonchev–Trinajstić information content (AvgIpc) is 3.35. The second-order valence-electron chi connectivity index (χ2n) is 10.8. The van der Waals surface area contributed by atoms with Crippen LogP contribution in [0.15, 0.2) is 58.8 Å². The topological polar surface area (TPSA) is 71.2 Å². The van der Waals surface area contributed by atoms with Crippen molar-refractivity contribution in [1.82, 2.24) is 25.1 Å². The van der Waals surface area contributed by atoms with Gasteiger partial charge in [-0.2, -0.15) is 0 Å². The van der Waals surface area contributed by atoms with E-state index in [1.54, 1.807) is 0 Å². The Bertz CT molecular complexity index is 1150. The van der Waals surface area contributed by atoms with Crippen LogP contribution in [0.5, 0.6) is 0 Å². The Balaban J connectivity index is 1.22. The van der Waals surface area contributed by atoms with Crippen molar-refractivity contribution in [3.05, 3.63) is 65.8 Å². The maximum absolute atomic E-state index is 6.08. The van der Waals surface area contributed by atoms with Crippen molar-refractivity contribution in [3.8, 4) is 11.5 Å². The molecule has 0 spiro atoms.